The molecule has 0 radical (unpaired) electrons. The fraction of sp³-hybridized carbons (Fsp3) is 0.818. The normalized spacial score (nSPS) is 40.4. The molecule has 2 atom stereocenters. The summed E-state index contributed by atoms with van der Waals surface area (Å²) in [5.41, 5.74) is 3.99. The third-order valence-electron chi connectivity index (χ3n) is 4.15. The van der Waals surface area contributed by atoms with Crippen molar-refractivity contribution in [2.45, 2.75) is 40.5 Å². The highest BCUT2D eigenvalue weighted by Crippen LogP contribution is 2.57. The Bertz CT molecular complexity index is 220. The number of fused-ring (bicyclic) bond motifs is 2. The van der Waals surface area contributed by atoms with E-state index in [-0.39, 0.29) is 0 Å². The fourth-order valence-corrected chi connectivity index (χ4v) is 3.09. The largest absolute Gasteiger partial charge is 0.0701 e. The van der Waals surface area contributed by atoms with Gasteiger partial charge < -0.3 is 0 Å². The van der Waals surface area contributed by atoms with E-state index in [0.29, 0.717) is 5.41 Å². The van der Waals surface area contributed by atoms with Crippen molar-refractivity contribution in [1.29, 1.82) is 0 Å². The molecule has 0 aliphatic heterocycles. The molecule has 0 aromatic rings. The summed E-state index contributed by atoms with van der Waals surface area (Å²) < 4.78 is 0. The average Bonchev–Trinajstić information content (AvgIpc) is 2.35. The van der Waals surface area contributed by atoms with E-state index in [1.54, 1.807) is 11.1 Å². The summed E-state index contributed by atoms with van der Waals surface area (Å²) in [5, 5.41) is 0. The van der Waals surface area contributed by atoms with Gasteiger partial charge in [0.2, 0.25) is 0 Å². The molecule has 1 fully saturated rings. The Kier molecular flexibility index (Phi) is 1.28. The second-order valence-corrected chi connectivity index (χ2v) is 4.94. The molecule has 0 spiro atoms. The van der Waals surface area contributed by atoms with Crippen molar-refractivity contribution in [1.82, 2.24) is 0 Å². The van der Waals surface area contributed by atoms with Crippen molar-refractivity contribution in [2.24, 2.45) is 17.3 Å². The van der Waals surface area contributed by atoms with Crippen LogP contribution in [-0.2, 0) is 0 Å². The SMILES string of the molecule is CC1=C2CC(C)C(C2)C1(C)C. The maximum atomic E-state index is 2.41. The summed E-state index contributed by atoms with van der Waals surface area (Å²) >= 11 is 0. The molecule has 0 aromatic carbocycles. The van der Waals surface area contributed by atoms with Crippen molar-refractivity contribution in [3.63, 3.8) is 0 Å². The first-order valence-electron chi connectivity index (χ1n) is 4.72. The highest BCUT2D eigenvalue weighted by atomic mass is 14.5. The van der Waals surface area contributed by atoms with Gasteiger partial charge in [0.15, 0.2) is 0 Å². The summed E-state index contributed by atoms with van der Waals surface area (Å²) in [6.07, 6.45) is 2.79. The van der Waals surface area contributed by atoms with E-state index >= 15 is 0 Å². The van der Waals surface area contributed by atoms with Gasteiger partial charge in [-0.3, -0.25) is 0 Å². The van der Waals surface area contributed by atoms with Crippen LogP contribution in [0.5, 0.6) is 0 Å². The van der Waals surface area contributed by atoms with Crippen LogP contribution in [0.4, 0.5) is 0 Å². The minimum atomic E-state index is 0.521. The zero-order valence-corrected chi connectivity index (χ0v) is 8.07. The third-order valence-corrected chi connectivity index (χ3v) is 4.15. The molecule has 0 amide bonds. The van der Waals surface area contributed by atoms with Gasteiger partial charge in [-0.15, -0.1) is 0 Å². The maximum absolute atomic E-state index is 2.41. The lowest BCUT2D eigenvalue weighted by molar-refractivity contribution is 0.222. The minimum Gasteiger partial charge on any atom is -0.0701 e. The van der Waals surface area contributed by atoms with Gasteiger partial charge in [-0.2, -0.15) is 0 Å². The number of hydrogen-bond donors (Lipinski definition) is 0. The van der Waals surface area contributed by atoms with Crippen LogP contribution in [-0.4, -0.2) is 0 Å². The Morgan fingerprint density at radius 1 is 1.27 bits per heavy atom. The molecule has 2 bridgehead atoms. The van der Waals surface area contributed by atoms with Crippen LogP contribution < -0.4 is 0 Å². The smallest absolute Gasteiger partial charge is 0.0111 e. The zero-order chi connectivity index (χ0) is 8.22. The van der Waals surface area contributed by atoms with Gasteiger partial charge in [-0.1, -0.05) is 31.9 Å². The van der Waals surface area contributed by atoms with Gasteiger partial charge in [0.1, 0.15) is 0 Å². The van der Waals surface area contributed by atoms with E-state index in [1.165, 1.54) is 12.8 Å². The van der Waals surface area contributed by atoms with Crippen molar-refractivity contribution >= 4 is 0 Å². The summed E-state index contributed by atoms with van der Waals surface area (Å²) in [6.45, 7) is 9.57. The number of rotatable bonds is 0. The van der Waals surface area contributed by atoms with Gasteiger partial charge >= 0.3 is 0 Å². The molecule has 11 heavy (non-hydrogen) atoms. The van der Waals surface area contributed by atoms with E-state index in [4.69, 9.17) is 0 Å². The van der Waals surface area contributed by atoms with Gasteiger partial charge in [-0.25, -0.2) is 0 Å². The quantitative estimate of drug-likeness (QED) is 0.464. The van der Waals surface area contributed by atoms with Gasteiger partial charge in [-0.05, 0) is 37.0 Å². The van der Waals surface area contributed by atoms with Crippen molar-refractivity contribution < 1.29 is 0 Å². The zero-order valence-electron chi connectivity index (χ0n) is 8.07. The molecule has 0 nitrogen and oxygen atoms in total. The van der Waals surface area contributed by atoms with E-state index in [2.05, 4.69) is 27.7 Å². The van der Waals surface area contributed by atoms with E-state index in [1.807, 2.05) is 0 Å². The van der Waals surface area contributed by atoms with Gasteiger partial charge in [0.25, 0.3) is 0 Å². The summed E-state index contributed by atoms with van der Waals surface area (Å²) in [5.74, 6) is 1.90. The summed E-state index contributed by atoms with van der Waals surface area (Å²) in [7, 11) is 0. The predicted octanol–water partition coefficient (Wildman–Crippen LogP) is 3.39. The Morgan fingerprint density at radius 2 is 1.91 bits per heavy atom. The second kappa shape index (κ2) is 1.91. The lowest BCUT2D eigenvalue weighted by atomic mass is 9.70. The molecule has 2 unspecified atom stereocenters. The molecule has 1 saturated carbocycles. The highest BCUT2D eigenvalue weighted by molar-refractivity contribution is 5.32. The van der Waals surface area contributed by atoms with Crippen LogP contribution in [0.25, 0.3) is 0 Å². The molecule has 2 aliphatic rings. The van der Waals surface area contributed by atoms with Crippen LogP contribution in [0, 0.1) is 17.3 Å². The van der Waals surface area contributed by atoms with Crippen molar-refractivity contribution in [2.75, 3.05) is 0 Å². The first kappa shape index (κ1) is 7.39. The molecule has 0 aromatic heterocycles. The van der Waals surface area contributed by atoms with Crippen LogP contribution in [0.1, 0.15) is 40.5 Å². The third kappa shape index (κ3) is 0.758. The van der Waals surface area contributed by atoms with Crippen LogP contribution >= 0.6 is 0 Å². The average molecular weight is 150 g/mol. The van der Waals surface area contributed by atoms with Crippen LogP contribution in [0.2, 0.25) is 0 Å². The molecule has 0 N–H and O–H groups in total. The molecular weight excluding hydrogens is 132 g/mol. The Balaban J connectivity index is 2.43. The van der Waals surface area contributed by atoms with E-state index in [9.17, 15) is 0 Å². The van der Waals surface area contributed by atoms with Crippen molar-refractivity contribution in [3.05, 3.63) is 11.1 Å². The molecule has 0 heterocycles. The first-order chi connectivity index (χ1) is 5.03. The summed E-state index contributed by atoms with van der Waals surface area (Å²) in [4.78, 5) is 0. The van der Waals surface area contributed by atoms with Gasteiger partial charge in [0.05, 0.1) is 0 Å². The molecule has 0 heteroatoms. The molecule has 0 saturated heterocycles. The van der Waals surface area contributed by atoms with Crippen molar-refractivity contribution in [3.8, 4) is 0 Å². The lowest BCUT2D eigenvalue weighted by Crippen LogP contribution is -2.26. The van der Waals surface area contributed by atoms with Crippen LogP contribution in [0.15, 0.2) is 11.1 Å². The number of hydrogen-bond acceptors (Lipinski definition) is 0. The second-order valence-electron chi connectivity index (χ2n) is 4.94. The number of allylic oxidation sites excluding steroid dienone is 2. The standard InChI is InChI=1S/C11H18/c1-7-5-9-6-10(7)11(3,4)8(9)2/h7,10H,5-6H2,1-4H3. The van der Waals surface area contributed by atoms with E-state index < -0.39 is 0 Å². The molecule has 62 valence electrons. The Labute approximate surface area is 69.7 Å². The highest BCUT2D eigenvalue weighted by Gasteiger charge is 2.46. The maximum Gasteiger partial charge on any atom is -0.0111 e. The van der Waals surface area contributed by atoms with Gasteiger partial charge in [0, 0.05) is 0 Å². The topological polar surface area (TPSA) is 0 Å². The fourth-order valence-electron chi connectivity index (χ4n) is 3.09. The van der Waals surface area contributed by atoms with E-state index in [0.717, 1.165) is 11.8 Å². The first-order valence-corrected chi connectivity index (χ1v) is 4.72. The predicted molar refractivity (Wildman–Crippen MR) is 48.4 cm³/mol. The Morgan fingerprint density at radius 3 is 2.27 bits per heavy atom. The molecule has 2 aliphatic carbocycles. The summed E-state index contributed by atoms with van der Waals surface area (Å²) in [6, 6.07) is 0. The monoisotopic (exact) mass is 150 g/mol. The Hall–Kier alpha value is -0.260. The van der Waals surface area contributed by atoms with Crippen LogP contribution in [0.3, 0.4) is 0 Å². The molecular formula is C11H18. The minimum absolute atomic E-state index is 0.521. The lowest BCUT2D eigenvalue weighted by Gasteiger charge is -2.34. The molecule has 2 rings (SSSR count).